The molecule has 2 rings (SSSR count). The summed E-state index contributed by atoms with van der Waals surface area (Å²) in [6, 6.07) is 6.27. The normalized spacial score (nSPS) is 15.4. The van der Waals surface area contributed by atoms with E-state index in [1.54, 1.807) is 0 Å². The topological polar surface area (TPSA) is 41.1 Å². The number of hydrogen-bond donors (Lipinski definition) is 2. The van der Waals surface area contributed by atoms with Gasteiger partial charge in [0.15, 0.2) is 0 Å². The van der Waals surface area contributed by atoms with Crippen LogP contribution >= 0.6 is 0 Å². The molecule has 0 radical (unpaired) electrons. The predicted octanol–water partition coefficient (Wildman–Crippen LogP) is 1.97. The van der Waals surface area contributed by atoms with Crippen molar-refractivity contribution in [2.45, 2.75) is 26.2 Å². The lowest BCUT2D eigenvalue weighted by atomic mass is 10.1. The van der Waals surface area contributed by atoms with Gasteiger partial charge in [-0.2, -0.15) is 0 Å². The third-order valence-corrected chi connectivity index (χ3v) is 3.32. The first-order valence-electron chi connectivity index (χ1n) is 6.28. The molecule has 1 aromatic rings. The zero-order valence-corrected chi connectivity index (χ0v) is 10.5. The van der Waals surface area contributed by atoms with E-state index in [0.29, 0.717) is 6.54 Å². The Labute approximate surface area is 103 Å². The van der Waals surface area contributed by atoms with Gasteiger partial charge in [-0.15, -0.1) is 0 Å². The van der Waals surface area contributed by atoms with E-state index in [0.717, 1.165) is 12.1 Å². The summed E-state index contributed by atoms with van der Waals surface area (Å²) in [5.41, 5.74) is 3.76. The summed E-state index contributed by atoms with van der Waals surface area (Å²) in [5, 5.41) is 5.99. The third kappa shape index (κ3) is 2.86. The minimum Gasteiger partial charge on any atom is -0.326 e. The Hall–Kier alpha value is -1.35. The van der Waals surface area contributed by atoms with Crippen molar-refractivity contribution < 1.29 is 4.79 Å². The largest absolute Gasteiger partial charge is 0.326 e. The molecule has 1 aliphatic carbocycles. The minimum absolute atomic E-state index is 0.00625. The molecule has 1 atom stereocenters. The van der Waals surface area contributed by atoms with Crippen LogP contribution in [0.25, 0.3) is 0 Å². The Morgan fingerprint density at radius 2 is 2.12 bits per heavy atom. The molecular weight excluding hydrogens is 212 g/mol. The Kier molecular flexibility index (Phi) is 3.79. The number of benzene rings is 1. The first-order valence-corrected chi connectivity index (χ1v) is 6.28. The summed E-state index contributed by atoms with van der Waals surface area (Å²) in [5.74, 6) is 0.0746. The maximum Gasteiger partial charge on any atom is 0.228 e. The minimum atomic E-state index is -0.00625. The average molecular weight is 232 g/mol. The maximum absolute atomic E-state index is 11.9. The molecule has 0 heterocycles. The van der Waals surface area contributed by atoms with Gasteiger partial charge in [0.1, 0.15) is 0 Å². The first kappa shape index (κ1) is 12.1. The van der Waals surface area contributed by atoms with E-state index in [9.17, 15) is 4.79 Å². The number of carbonyl (C=O) groups excluding carboxylic acids is 1. The highest BCUT2D eigenvalue weighted by atomic mass is 16.1. The van der Waals surface area contributed by atoms with Crippen LogP contribution in [0.5, 0.6) is 0 Å². The van der Waals surface area contributed by atoms with Crippen LogP contribution in [0.15, 0.2) is 18.2 Å². The van der Waals surface area contributed by atoms with E-state index in [-0.39, 0.29) is 11.8 Å². The quantitative estimate of drug-likeness (QED) is 0.833. The van der Waals surface area contributed by atoms with Crippen molar-refractivity contribution in [3.63, 3.8) is 0 Å². The highest BCUT2D eigenvalue weighted by molar-refractivity contribution is 5.92. The lowest BCUT2D eigenvalue weighted by Crippen LogP contribution is -2.28. The Morgan fingerprint density at radius 1 is 1.35 bits per heavy atom. The van der Waals surface area contributed by atoms with E-state index in [1.165, 1.54) is 24.0 Å². The summed E-state index contributed by atoms with van der Waals surface area (Å²) < 4.78 is 0. The first-order chi connectivity index (χ1) is 8.20. The Bertz CT molecular complexity index is 415. The second-order valence-electron chi connectivity index (χ2n) is 4.79. The molecule has 2 N–H and O–H groups in total. The SMILES string of the molecule is CNCC(C)C(=O)Nc1ccc2c(c1)CCC2. The molecule has 0 aliphatic heterocycles. The molecule has 0 spiro atoms. The monoisotopic (exact) mass is 232 g/mol. The molecule has 1 amide bonds. The molecule has 0 aromatic heterocycles. The molecule has 17 heavy (non-hydrogen) atoms. The van der Waals surface area contributed by atoms with Gasteiger partial charge in [-0.3, -0.25) is 4.79 Å². The lowest BCUT2D eigenvalue weighted by Gasteiger charge is -2.12. The van der Waals surface area contributed by atoms with Crippen molar-refractivity contribution >= 4 is 11.6 Å². The number of fused-ring (bicyclic) bond motifs is 1. The van der Waals surface area contributed by atoms with Crippen LogP contribution in [-0.4, -0.2) is 19.5 Å². The van der Waals surface area contributed by atoms with Crippen LogP contribution in [0, 0.1) is 5.92 Å². The zero-order chi connectivity index (χ0) is 12.3. The van der Waals surface area contributed by atoms with E-state index in [1.807, 2.05) is 20.0 Å². The summed E-state index contributed by atoms with van der Waals surface area (Å²) in [4.78, 5) is 11.9. The number of aryl methyl sites for hydroxylation is 2. The fraction of sp³-hybridized carbons (Fsp3) is 0.500. The third-order valence-electron chi connectivity index (χ3n) is 3.32. The Balaban J connectivity index is 2.01. The second kappa shape index (κ2) is 5.32. The van der Waals surface area contributed by atoms with Gasteiger partial charge in [-0.1, -0.05) is 13.0 Å². The van der Waals surface area contributed by atoms with Gasteiger partial charge in [-0.25, -0.2) is 0 Å². The highest BCUT2D eigenvalue weighted by Gasteiger charge is 2.14. The maximum atomic E-state index is 11.9. The number of nitrogens with one attached hydrogen (secondary N) is 2. The van der Waals surface area contributed by atoms with Crippen molar-refractivity contribution in [1.82, 2.24) is 5.32 Å². The second-order valence-corrected chi connectivity index (χ2v) is 4.79. The summed E-state index contributed by atoms with van der Waals surface area (Å²) in [6.45, 7) is 2.63. The van der Waals surface area contributed by atoms with Crippen molar-refractivity contribution in [3.05, 3.63) is 29.3 Å². The van der Waals surface area contributed by atoms with Crippen molar-refractivity contribution in [2.24, 2.45) is 5.92 Å². The van der Waals surface area contributed by atoms with Crippen molar-refractivity contribution in [3.8, 4) is 0 Å². The number of anilines is 1. The lowest BCUT2D eigenvalue weighted by molar-refractivity contribution is -0.119. The molecule has 3 heteroatoms. The van der Waals surface area contributed by atoms with Gasteiger partial charge < -0.3 is 10.6 Å². The van der Waals surface area contributed by atoms with Gasteiger partial charge >= 0.3 is 0 Å². The fourth-order valence-corrected chi connectivity index (χ4v) is 2.31. The predicted molar refractivity (Wildman–Crippen MR) is 70.2 cm³/mol. The average Bonchev–Trinajstić information content (AvgIpc) is 2.76. The van der Waals surface area contributed by atoms with Crippen molar-refractivity contribution in [2.75, 3.05) is 18.9 Å². The smallest absolute Gasteiger partial charge is 0.228 e. The highest BCUT2D eigenvalue weighted by Crippen LogP contribution is 2.25. The molecule has 0 bridgehead atoms. The van der Waals surface area contributed by atoms with Crippen LogP contribution in [0.1, 0.15) is 24.5 Å². The van der Waals surface area contributed by atoms with E-state index < -0.39 is 0 Å². The van der Waals surface area contributed by atoms with E-state index in [2.05, 4.69) is 22.8 Å². The fourth-order valence-electron chi connectivity index (χ4n) is 2.31. The standard InChI is InChI=1S/C14H20N2O/c1-10(9-15-2)14(17)16-13-7-6-11-4-3-5-12(11)8-13/h6-8,10,15H,3-5,9H2,1-2H3,(H,16,17). The number of amides is 1. The van der Waals surface area contributed by atoms with Crippen LogP contribution in [0.3, 0.4) is 0 Å². The molecule has 0 saturated heterocycles. The van der Waals surface area contributed by atoms with E-state index in [4.69, 9.17) is 0 Å². The zero-order valence-electron chi connectivity index (χ0n) is 10.5. The van der Waals surface area contributed by atoms with Gasteiger partial charge in [0.2, 0.25) is 5.91 Å². The molecule has 1 unspecified atom stereocenters. The molecule has 0 saturated carbocycles. The summed E-state index contributed by atoms with van der Waals surface area (Å²) in [6.07, 6.45) is 3.56. The number of hydrogen-bond acceptors (Lipinski definition) is 2. The molecule has 3 nitrogen and oxygen atoms in total. The summed E-state index contributed by atoms with van der Waals surface area (Å²) >= 11 is 0. The molecule has 0 fully saturated rings. The molecular formula is C14H20N2O. The number of rotatable bonds is 4. The molecule has 1 aromatic carbocycles. The van der Waals surface area contributed by atoms with E-state index >= 15 is 0 Å². The van der Waals surface area contributed by atoms with Gasteiger partial charge in [0, 0.05) is 18.2 Å². The molecule has 92 valence electrons. The van der Waals surface area contributed by atoms with Gasteiger partial charge in [0.05, 0.1) is 0 Å². The number of carbonyl (C=O) groups is 1. The van der Waals surface area contributed by atoms with Gasteiger partial charge in [-0.05, 0) is 49.6 Å². The van der Waals surface area contributed by atoms with Crippen LogP contribution in [0.2, 0.25) is 0 Å². The Morgan fingerprint density at radius 3 is 2.88 bits per heavy atom. The van der Waals surface area contributed by atoms with Crippen LogP contribution < -0.4 is 10.6 Å². The van der Waals surface area contributed by atoms with Crippen LogP contribution in [0.4, 0.5) is 5.69 Å². The van der Waals surface area contributed by atoms with Gasteiger partial charge in [0.25, 0.3) is 0 Å². The molecule has 1 aliphatic rings. The van der Waals surface area contributed by atoms with Crippen LogP contribution in [-0.2, 0) is 17.6 Å². The summed E-state index contributed by atoms with van der Waals surface area (Å²) in [7, 11) is 1.86. The van der Waals surface area contributed by atoms with Crippen molar-refractivity contribution in [1.29, 1.82) is 0 Å².